The molecule has 5 heteroatoms. The summed E-state index contributed by atoms with van der Waals surface area (Å²) in [4.78, 5) is 3.40. The number of aromatic nitrogens is 1. The van der Waals surface area contributed by atoms with Crippen LogP contribution in [0.3, 0.4) is 0 Å². The van der Waals surface area contributed by atoms with Crippen LogP contribution in [0.2, 0.25) is 0 Å². The molecule has 1 rings (SSSR count). The van der Waals surface area contributed by atoms with E-state index in [0.717, 1.165) is 12.3 Å². The van der Waals surface area contributed by atoms with Crippen molar-refractivity contribution in [3.05, 3.63) is 29.1 Å². The molecule has 0 bridgehead atoms. The number of hydrogen-bond donors (Lipinski definition) is 1. The number of alkyl halides is 2. The van der Waals surface area contributed by atoms with Crippen LogP contribution in [0, 0.1) is 11.3 Å². The highest BCUT2D eigenvalue weighted by Gasteiger charge is 2.11. The largest absolute Gasteiger partial charge is 0.392 e. The van der Waals surface area contributed by atoms with Crippen LogP contribution in [0.25, 0.3) is 0 Å². The van der Waals surface area contributed by atoms with E-state index in [0.29, 0.717) is 0 Å². The van der Waals surface area contributed by atoms with Crippen molar-refractivity contribution in [2.45, 2.75) is 13.0 Å². The molecular formula is C8H6F2N2O. The van der Waals surface area contributed by atoms with Crippen molar-refractivity contribution >= 4 is 0 Å². The van der Waals surface area contributed by atoms with Gasteiger partial charge in [-0.15, -0.1) is 0 Å². The van der Waals surface area contributed by atoms with Crippen molar-refractivity contribution in [2.24, 2.45) is 0 Å². The Morgan fingerprint density at radius 3 is 2.77 bits per heavy atom. The SMILES string of the molecule is N#Cc1cc(C(F)F)ncc1CO. The first-order chi connectivity index (χ1) is 6.19. The lowest BCUT2D eigenvalue weighted by atomic mass is 10.1. The highest BCUT2D eigenvalue weighted by atomic mass is 19.3. The van der Waals surface area contributed by atoms with Gasteiger partial charge in [0.15, 0.2) is 0 Å². The zero-order chi connectivity index (χ0) is 9.84. The maximum absolute atomic E-state index is 12.1. The third-order valence-electron chi connectivity index (χ3n) is 1.52. The number of nitriles is 1. The Kier molecular flexibility index (Phi) is 2.88. The molecule has 0 amide bonds. The highest BCUT2D eigenvalue weighted by Crippen LogP contribution is 2.18. The number of aliphatic hydroxyl groups excluding tert-OH is 1. The molecule has 1 N–H and O–H groups in total. The Labute approximate surface area is 73.3 Å². The van der Waals surface area contributed by atoms with E-state index in [9.17, 15) is 8.78 Å². The second-order valence-corrected chi connectivity index (χ2v) is 2.34. The molecule has 0 aliphatic carbocycles. The van der Waals surface area contributed by atoms with Gasteiger partial charge in [0.2, 0.25) is 0 Å². The van der Waals surface area contributed by atoms with Gasteiger partial charge in [0, 0.05) is 11.8 Å². The monoisotopic (exact) mass is 184 g/mol. The number of halogens is 2. The average Bonchev–Trinajstić information content (AvgIpc) is 2.16. The molecule has 68 valence electrons. The Hall–Kier alpha value is -1.54. The maximum atomic E-state index is 12.1. The Morgan fingerprint density at radius 1 is 1.62 bits per heavy atom. The lowest BCUT2D eigenvalue weighted by molar-refractivity contribution is 0.146. The first kappa shape index (κ1) is 9.55. The summed E-state index contributed by atoms with van der Waals surface area (Å²) in [7, 11) is 0. The van der Waals surface area contributed by atoms with E-state index in [1.807, 2.05) is 0 Å². The molecule has 0 aliphatic rings. The van der Waals surface area contributed by atoms with Crippen molar-refractivity contribution in [3.63, 3.8) is 0 Å². The Bertz CT molecular complexity index is 346. The quantitative estimate of drug-likeness (QED) is 0.755. The molecule has 0 spiro atoms. The van der Waals surface area contributed by atoms with Crippen molar-refractivity contribution in [3.8, 4) is 6.07 Å². The summed E-state index contributed by atoms with van der Waals surface area (Å²) in [6.07, 6.45) is -1.61. The Morgan fingerprint density at radius 2 is 2.31 bits per heavy atom. The second kappa shape index (κ2) is 3.92. The van der Waals surface area contributed by atoms with Gasteiger partial charge in [-0.05, 0) is 6.07 Å². The van der Waals surface area contributed by atoms with Crippen LogP contribution >= 0.6 is 0 Å². The molecule has 1 aromatic heterocycles. The Balaban J connectivity index is 3.15. The fraction of sp³-hybridized carbons (Fsp3) is 0.250. The molecule has 3 nitrogen and oxygen atoms in total. The van der Waals surface area contributed by atoms with Gasteiger partial charge in [0.05, 0.1) is 18.2 Å². The molecule has 0 radical (unpaired) electrons. The summed E-state index contributed by atoms with van der Waals surface area (Å²) in [5.74, 6) is 0. The zero-order valence-electron chi connectivity index (χ0n) is 6.54. The summed E-state index contributed by atoms with van der Waals surface area (Å²) < 4.78 is 24.2. The number of nitrogens with zero attached hydrogens (tertiary/aromatic N) is 2. The fourth-order valence-corrected chi connectivity index (χ4v) is 0.849. The number of rotatable bonds is 2. The van der Waals surface area contributed by atoms with Crippen LogP contribution in [0.1, 0.15) is 23.2 Å². The van der Waals surface area contributed by atoms with E-state index in [4.69, 9.17) is 10.4 Å². The average molecular weight is 184 g/mol. The molecular weight excluding hydrogens is 178 g/mol. The predicted octanol–water partition coefficient (Wildman–Crippen LogP) is 1.38. The smallest absolute Gasteiger partial charge is 0.280 e. The van der Waals surface area contributed by atoms with Crippen LogP contribution in [0.5, 0.6) is 0 Å². The van der Waals surface area contributed by atoms with Gasteiger partial charge in [-0.25, -0.2) is 8.78 Å². The van der Waals surface area contributed by atoms with Gasteiger partial charge >= 0.3 is 0 Å². The molecule has 1 aromatic rings. The lowest BCUT2D eigenvalue weighted by Gasteiger charge is -2.02. The topological polar surface area (TPSA) is 56.9 Å². The van der Waals surface area contributed by atoms with Crippen LogP contribution in [0.4, 0.5) is 8.78 Å². The van der Waals surface area contributed by atoms with Gasteiger partial charge in [-0.1, -0.05) is 0 Å². The van der Waals surface area contributed by atoms with Crippen molar-refractivity contribution in [2.75, 3.05) is 0 Å². The molecule has 0 fully saturated rings. The number of pyridine rings is 1. The molecule has 1 heterocycles. The van der Waals surface area contributed by atoms with E-state index in [1.165, 1.54) is 0 Å². The molecule has 0 atom stereocenters. The standard InChI is InChI=1S/C8H6F2N2O/c9-8(10)7-1-5(2-11)6(4-13)3-12-7/h1,3,8,13H,4H2. The minimum absolute atomic E-state index is 0.0350. The van der Waals surface area contributed by atoms with Gasteiger partial charge in [0.25, 0.3) is 6.43 Å². The van der Waals surface area contributed by atoms with Crippen molar-refractivity contribution < 1.29 is 13.9 Å². The minimum Gasteiger partial charge on any atom is -0.392 e. The molecule has 0 aliphatic heterocycles. The summed E-state index contributed by atoms with van der Waals surface area (Å²) in [5, 5.41) is 17.2. The zero-order valence-corrected chi connectivity index (χ0v) is 6.54. The number of aliphatic hydroxyl groups is 1. The van der Waals surface area contributed by atoms with Crippen LogP contribution < -0.4 is 0 Å². The fourth-order valence-electron chi connectivity index (χ4n) is 0.849. The summed E-state index contributed by atoms with van der Waals surface area (Å²) in [5.41, 5.74) is -0.159. The molecule has 0 saturated carbocycles. The third-order valence-corrected chi connectivity index (χ3v) is 1.52. The molecule has 0 unspecified atom stereocenters. The second-order valence-electron chi connectivity index (χ2n) is 2.34. The van der Waals surface area contributed by atoms with Crippen LogP contribution in [-0.2, 0) is 6.61 Å². The highest BCUT2D eigenvalue weighted by molar-refractivity contribution is 5.37. The van der Waals surface area contributed by atoms with Gasteiger partial charge in [-0.2, -0.15) is 5.26 Å². The molecule has 0 saturated heterocycles. The van der Waals surface area contributed by atoms with Gasteiger partial charge in [-0.3, -0.25) is 4.98 Å². The minimum atomic E-state index is -2.69. The lowest BCUT2D eigenvalue weighted by Crippen LogP contribution is -1.96. The molecule has 0 aromatic carbocycles. The molecule has 13 heavy (non-hydrogen) atoms. The van der Waals surface area contributed by atoms with Crippen LogP contribution in [-0.4, -0.2) is 10.1 Å². The van der Waals surface area contributed by atoms with Crippen molar-refractivity contribution in [1.29, 1.82) is 5.26 Å². The van der Waals surface area contributed by atoms with Gasteiger partial charge in [0.1, 0.15) is 5.69 Å². The van der Waals surface area contributed by atoms with E-state index >= 15 is 0 Å². The number of hydrogen-bond acceptors (Lipinski definition) is 3. The van der Waals surface area contributed by atoms with E-state index < -0.39 is 12.1 Å². The summed E-state index contributed by atoms with van der Waals surface area (Å²) in [6.45, 7) is -0.376. The first-order valence-corrected chi connectivity index (χ1v) is 3.47. The third kappa shape index (κ3) is 1.98. The summed E-state index contributed by atoms with van der Waals surface area (Å²) >= 11 is 0. The van der Waals surface area contributed by atoms with Gasteiger partial charge < -0.3 is 5.11 Å². The first-order valence-electron chi connectivity index (χ1n) is 3.47. The maximum Gasteiger partial charge on any atom is 0.280 e. The van der Waals surface area contributed by atoms with E-state index in [2.05, 4.69) is 4.98 Å². The normalized spacial score (nSPS) is 10.1. The predicted molar refractivity (Wildman–Crippen MR) is 39.8 cm³/mol. The van der Waals surface area contributed by atoms with E-state index in [1.54, 1.807) is 6.07 Å². The van der Waals surface area contributed by atoms with E-state index in [-0.39, 0.29) is 17.7 Å². The van der Waals surface area contributed by atoms with Crippen LogP contribution in [0.15, 0.2) is 12.3 Å². The summed E-state index contributed by atoms with van der Waals surface area (Å²) in [6, 6.07) is 2.69. The van der Waals surface area contributed by atoms with Crippen molar-refractivity contribution in [1.82, 2.24) is 4.98 Å².